The average molecular weight is 628 g/mol. The van der Waals surface area contributed by atoms with Gasteiger partial charge in [0, 0.05) is 42.4 Å². The van der Waals surface area contributed by atoms with E-state index in [-0.39, 0.29) is 17.7 Å². The van der Waals surface area contributed by atoms with Crippen LogP contribution in [0.25, 0.3) is 10.9 Å². The van der Waals surface area contributed by atoms with Crippen molar-refractivity contribution in [1.82, 2.24) is 14.5 Å². The normalized spacial score (nSPS) is 24.9. The number of β-amino-alcohol motifs (C(OH)–C–C–N with tert-alkyl or cyclic N) is 1. The molecule has 11 heteroatoms. The molecule has 3 aliphatic carbocycles. The van der Waals surface area contributed by atoms with Crippen molar-refractivity contribution in [1.29, 1.82) is 0 Å². The van der Waals surface area contributed by atoms with Gasteiger partial charge in [-0.25, -0.2) is 15.0 Å². The minimum atomic E-state index is -0.352. The van der Waals surface area contributed by atoms with Crippen LogP contribution < -0.4 is 15.9 Å². The van der Waals surface area contributed by atoms with Crippen LogP contribution in [-0.4, -0.2) is 64.9 Å². The van der Waals surface area contributed by atoms with E-state index in [2.05, 4.69) is 31.0 Å². The van der Waals surface area contributed by atoms with Crippen LogP contribution in [0, 0.1) is 23.2 Å². The number of guanidine groups is 1. The molecular formula is C32H40Cl2N6O3. The molecule has 1 aliphatic heterocycles. The zero-order chi connectivity index (χ0) is 30.6. The first-order valence-electron chi connectivity index (χ1n) is 15.0. The molecule has 2 bridgehead atoms. The predicted octanol–water partition coefficient (Wildman–Crippen LogP) is 5.46. The fourth-order valence-corrected chi connectivity index (χ4v) is 7.67. The van der Waals surface area contributed by atoms with Crippen molar-refractivity contribution in [3.8, 4) is 0 Å². The number of aliphatic hydroxyl groups excluding tert-OH is 1. The number of halogens is 2. The first-order chi connectivity index (χ1) is 20.5. The van der Waals surface area contributed by atoms with Gasteiger partial charge < -0.3 is 15.3 Å². The Bertz CT molecular complexity index is 1620. The number of aromatic nitrogens is 2. The minimum Gasteiger partial charge on any atom is -0.389 e. The Hall–Kier alpha value is -2.85. The number of benzene rings is 2. The molecule has 9 nitrogen and oxygen atoms in total. The van der Waals surface area contributed by atoms with Crippen molar-refractivity contribution in [3.63, 3.8) is 0 Å². The van der Waals surface area contributed by atoms with Gasteiger partial charge in [-0.15, -0.1) is 0 Å². The van der Waals surface area contributed by atoms with Crippen LogP contribution in [-0.2, 0) is 17.8 Å². The molecular weight excluding hydrogens is 587 g/mol. The van der Waals surface area contributed by atoms with Gasteiger partial charge >= 0.3 is 0 Å². The van der Waals surface area contributed by atoms with E-state index in [1.54, 1.807) is 29.8 Å². The maximum Gasteiger partial charge on any atom is 0.262 e. The lowest BCUT2D eigenvalue weighted by molar-refractivity contribution is -0.108. The molecule has 0 amide bonds. The number of nitrogens with one attached hydrogen (secondary N) is 1. The van der Waals surface area contributed by atoms with E-state index in [9.17, 15) is 9.90 Å². The fraction of sp³-hybridized carbons (Fsp3) is 0.531. The van der Waals surface area contributed by atoms with E-state index in [0.29, 0.717) is 76.1 Å². The third kappa shape index (κ3) is 5.61. The van der Waals surface area contributed by atoms with Crippen molar-refractivity contribution in [2.45, 2.75) is 58.7 Å². The highest BCUT2D eigenvalue weighted by atomic mass is 35.5. The highest BCUT2D eigenvalue weighted by Crippen LogP contribution is 2.61. The van der Waals surface area contributed by atoms with Crippen molar-refractivity contribution in [3.05, 3.63) is 62.4 Å². The molecule has 4 atom stereocenters. The van der Waals surface area contributed by atoms with Crippen molar-refractivity contribution in [2.24, 2.45) is 28.2 Å². The van der Waals surface area contributed by atoms with Crippen molar-refractivity contribution >= 4 is 51.7 Å². The van der Waals surface area contributed by atoms with Crippen LogP contribution in [0.4, 0.5) is 11.6 Å². The second-order valence-corrected chi connectivity index (χ2v) is 13.8. The second kappa shape index (κ2) is 11.6. The smallest absolute Gasteiger partial charge is 0.262 e. The molecule has 4 fully saturated rings. The maximum atomic E-state index is 13.8. The Morgan fingerprint density at radius 2 is 1.98 bits per heavy atom. The summed E-state index contributed by atoms with van der Waals surface area (Å²) in [5.74, 6) is 3.03. The summed E-state index contributed by atoms with van der Waals surface area (Å²) in [4.78, 5) is 31.4. The van der Waals surface area contributed by atoms with Gasteiger partial charge in [0.25, 0.3) is 5.56 Å². The predicted molar refractivity (Wildman–Crippen MR) is 173 cm³/mol. The molecule has 4 aliphatic rings. The summed E-state index contributed by atoms with van der Waals surface area (Å²) < 4.78 is 1.61. The lowest BCUT2D eigenvalue weighted by Gasteiger charge is -2.61. The molecule has 0 unspecified atom stereocenters. The van der Waals surface area contributed by atoms with E-state index in [1.165, 1.54) is 18.6 Å². The fourth-order valence-electron chi connectivity index (χ4n) is 7.17. The molecule has 3 aromatic rings. The SMILES string of the molecule is CON(C)c1nc2cc(NC(=N[C@H]3C[C@H]4C[C@H]([C@H]3C)C4(C)C)N3CC(O)C3)ccc2c(=O)n1CCc1ccc(Cl)cc1Cl. The molecule has 230 valence electrons. The molecule has 2 heterocycles. The number of hydroxylamine groups is 1. The number of aliphatic hydroxyl groups is 1. The summed E-state index contributed by atoms with van der Waals surface area (Å²) in [6.07, 6.45) is 2.55. The van der Waals surface area contributed by atoms with Gasteiger partial charge in [-0.1, -0.05) is 50.0 Å². The largest absolute Gasteiger partial charge is 0.389 e. The summed E-state index contributed by atoms with van der Waals surface area (Å²) in [5.41, 5.74) is 2.44. The number of fused-ring (bicyclic) bond motifs is 3. The van der Waals surface area contributed by atoms with Crippen LogP contribution in [0.2, 0.25) is 10.0 Å². The van der Waals surface area contributed by atoms with Crippen LogP contribution in [0.5, 0.6) is 0 Å². The summed E-state index contributed by atoms with van der Waals surface area (Å²) in [7, 11) is 3.26. The molecule has 2 aromatic carbocycles. The van der Waals surface area contributed by atoms with Gasteiger partial charge in [-0.2, -0.15) is 0 Å². The van der Waals surface area contributed by atoms with Crippen molar-refractivity contribution < 1.29 is 9.94 Å². The van der Waals surface area contributed by atoms with Gasteiger partial charge in [0.05, 0.1) is 30.2 Å². The summed E-state index contributed by atoms with van der Waals surface area (Å²) in [6, 6.07) is 11.2. The number of nitrogens with zero attached hydrogens (tertiary/aromatic N) is 5. The standard InChI is InChI=1S/C32H40Cl2N6O3/c1-18-25-12-20(32(25,2)3)13-27(18)36-30(39-16-23(41)17-39)35-22-8-9-24-28(15-22)37-31(38(4)43-5)40(29(24)42)11-10-19-6-7-21(33)14-26(19)34/h6-9,14-15,18,20,23,25,27,41H,10-13,16-17H2,1-5H3,(H,35,36)/t18-,20-,25-,27+/m1/s1. The highest BCUT2D eigenvalue weighted by Gasteiger charge is 2.56. The molecule has 2 N–H and O–H groups in total. The third-order valence-electron chi connectivity index (χ3n) is 10.1. The Labute approximate surface area is 262 Å². The third-order valence-corrected chi connectivity index (χ3v) is 10.7. The van der Waals surface area contributed by atoms with Gasteiger partial charge in [-0.3, -0.25) is 14.2 Å². The van der Waals surface area contributed by atoms with Gasteiger partial charge in [-0.05, 0) is 78.3 Å². The number of rotatable bonds is 7. The first-order valence-corrected chi connectivity index (χ1v) is 15.8. The molecule has 3 saturated carbocycles. The van der Waals surface area contributed by atoms with Crippen LogP contribution in [0.15, 0.2) is 46.2 Å². The Balaban J connectivity index is 1.30. The van der Waals surface area contributed by atoms with Gasteiger partial charge in [0.1, 0.15) is 0 Å². The summed E-state index contributed by atoms with van der Waals surface area (Å²) >= 11 is 12.5. The van der Waals surface area contributed by atoms with E-state index in [0.717, 1.165) is 23.6 Å². The molecule has 1 saturated heterocycles. The number of hydrogen-bond donors (Lipinski definition) is 2. The minimum absolute atomic E-state index is 0.168. The number of anilines is 2. The molecule has 0 spiro atoms. The average Bonchev–Trinajstić information content (AvgIpc) is 2.95. The topological polar surface area (TPSA) is 95.2 Å². The highest BCUT2D eigenvalue weighted by molar-refractivity contribution is 6.35. The van der Waals surface area contributed by atoms with Gasteiger partial charge in [0.15, 0.2) is 5.96 Å². The summed E-state index contributed by atoms with van der Waals surface area (Å²) in [6.45, 7) is 8.57. The number of aryl methyl sites for hydroxylation is 1. The van der Waals surface area contributed by atoms with Crippen molar-refractivity contribution in [2.75, 3.05) is 37.6 Å². The van der Waals surface area contributed by atoms with E-state index in [1.807, 2.05) is 18.2 Å². The van der Waals surface area contributed by atoms with E-state index in [4.69, 9.17) is 38.0 Å². The molecule has 43 heavy (non-hydrogen) atoms. The number of aliphatic imine (C=N–C) groups is 1. The lowest BCUT2D eigenvalue weighted by atomic mass is 9.45. The van der Waals surface area contributed by atoms with E-state index >= 15 is 0 Å². The second-order valence-electron chi connectivity index (χ2n) is 12.9. The number of likely N-dealkylation sites (tertiary alicyclic amines) is 1. The Morgan fingerprint density at radius 1 is 1.21 bits per heavy atom. The van der Waals surface area contributed by atoms with Gasteiger partial charge in [0.2, 0.25) is 5.95 Å². The van der Waals surface area contributed by atoms with Crippen LogP contribution >= 0.6 is 23.2 Å². The lowest BCUT2D eigenvalue weighted by Crippen LogP contribution is -2.58. The first kappa shape index (κ1) is 30.2. The van der Waals surface area contributed by atoms with Crippen LogP contribution in [0.1, 0.15) is 39.2 Å². The summed E-state index contributed by atoms with van der Waals surface area (Å²) in [5, 5.41) is 16.7. The monoisotopic (exact) mass is 626 g/mol. The molecule has 1 aromatic heterocycles. The number of hydrogen-bond acceptors (Lipinski definition) is 6. The Morgan fingerprint density at radius 3 is 2.63 bits per heavy atom. The van der Waals surface area contributed by atoms with E-state index < -0.39 is 0 Å². The van der Waals surface area contributed by atoms with Crippen LogP contribution in [0.3, 0.4) is 0 Å². The quantitative estimate of drug-likeness (QED) is 0.204. The Kier molecular flexibility index (Phi) is 8.13. The zero-order valence-corrected chi connectivity index (χ0v) is 26.9. The zero-order valence-electron chi connectivity index (χ0n) is 25.3. The molecule has 7 rings (SSSR count). The maximum absolute atomic E-state index is 13.8. The molecule has 0 radical (unpaired) electrons.